The first kappa shape index (κ1) is 23.4. The van der Waals surface area contributed by atoms with E-state index in [1.54, 1.807) is 4.90 Å². The van der Waals surface area contributed by atoms with Gasteiger partial charge in [0.25, 0.3) is 0 Å². The van der Waals surface area contributed by atoms with Crippen LogP contribution in [0.5, 0.6) is 0 Å². The zero-order valence-electron chi connectivity index (χ0n) is 20.0. The summed E-state index contributed by atoms with van der Waals surface area (Å²) in [5, 5.41) is 12.3. The van der Waals surface area contributed by atoms with Crippen LogP contribution in [0.25, 0.3) is 11.1 Å². The number of carboxylic acids is 1. The van der Waals surface area contributed by atoms with Crippen molar-refractivity contribution in [1.82, 2.24) is 10.2 Å². The lowest BCUT2D eigenvalue weighted by atomic mass is 9.87. The maximum absolute atomic E-state index is 13.0. The second-order valence-corrected chi connectivity index (χ2v) is 10.2. The number of piperidine rings is 1. The largest absolute Gasteiger partial charge is 0.481 e. The summed E-state index contributed by atoms with van der Waals surface area (Å²) in [6.07, 6.45) is 2.17. The van der Waals surface area contributed by atoms with E-state index in [4.69, 9.17) is 4.74 Å². The number of hydrogen-bond acceptors (Lipinski definition) is 4. The number of likely N-dealkylation sites (tertiary alicyclic amines) is 1. The molecule has 2 aliphatic carbocycles. The van der Waals surface area contributed by atoms with Crippen molar-refractivity contribution in [2.75, 3.05) is 19.7 Å². The number of carboxylic acid groups (broad SMARTS) is 1. The highest BCUT2D eigenvalue weighted by Crippen LogP contribution is 2.44. The fourth-order valence-electron chi connectivity index (χ4n) is 5.68. The molecule has 2 aromatic carbocycles. The zero-order chi connectivity index (χ0) is 24.5. The lowest BCUT2D eigenvalue weighted by Crippen LogP contribution is -2.47. The first-order valence-corrected chi connectivity index (χ1v) is 12.5. The van der Waals surface area contributed by atoms with Crippen molar-refractivity contribution in [3.05, 3.63) is 59.7 Å². The van der Waals surface area contributed by atoms with Crippen molar-refractivity contribution in [2.45, 2.75) is 44.6 Å². The van der Waals surface area contributed by atoms with Crippen molar-refractivity contribution in [3.63, 3.8) is 0 Å². The molecule has 1 saturated heterocycles. The van der Waals surface area contributed by atoms with Gasteiger partial charge in [-0.05, 0) is 53.4 Å². The number of carbonyl (C=O) groups is 3. The maximum atomic E-state index is 13.0. The Hall–Kier alpha value is -3.35. The van der Waals surface area contributed by atoms with Gasteiger partial charge in [0.2, 0.25) is 5.91 Å². The number of amides is 2. The van der Waals surface area contributed by atoms with Crippen LogP contribution in [0.4, 0.5) is 4.79 Å². The molecule has 0 spiro atoms. The molecule has 184 valence electrons. The molecule has 35 heavy (non-hydrogen) atoms. The summed E-state index contributed by atoms with van der Waals surface area (Å²) >= 11 is 0. The van der Waals surface area contributed by atoms with Crippen LogP contribution in [-0.4, -0.2) is 53.7 Å². The summed E-state index contributed by atoms with van der Waals surface area (Å²) in [6.45, 7) is 3.01. The number of ether oxygens (including phenoxy) is 1. The molecule has 7 heteroatoms. The lowest BCUT2D eigenvalue weighted by Gasteiger charge is -2.35. The Morgan fingerprint density at radius 1 is 1.03 bits per heavy atom. The van der Waals surface area contributed by atoms with Gasteiger partial charge < -0.3 is 20.1 Å². The topological polar surface area (TPSA) is 95.9 Å². The predicted octanol–water partition coefficient (Wildman–Crippen LogP) is 4.26. The van der Waals surface area contributed by atoms with Gasteiger partial charge in [-0.3, -0.25) is 9.59 Å². The van der Waals surface area contributed by atoms with Gasteiger partial charge in [0.15, 0.2) is 0 Å². The Bertz CT molecular complexity index is 1080. The highest BCUT2D eigenvalue weighted by atomic mass is 16.5. The number of hydrogen-bond donors (Lipinski definition) is 2. The van der Waals surface area contributed by atoms with Gasteiger partial charge in [-0.15, -0.1) is 0 Å². The molecule has 2 amide bonds. The Balaban J connectivity index is 1.18. The van der Waals surface area contributed by atoms with Gasteiger partial charge in [0, 0.05) is 31.5 Å². The average Bonchev–Trinajstić information content (AvgIpc) is 3.65. The summed E-state index contributed by atoms with van der Waals surface area (Å²) in [5.41, 5.74) is 4.68. The third-order valence-electron chi connectivity index (χ3n) is 7.81. The van der Waals surface area contributed by atoms with Crippen LogP contribution in [-0.2, 0) is 14.3 Å². The third kappa shape index (κ3) is 4.90. The van der Waals surface area contributed by atoms with Gasteiger partial charge in [0.05, 0.1) is 5.92 Å². The average molecular weight is 477 g/mol. The molecule has 0 bridgehead atoms. The molecule has 3 aliphatic rings. The first-order valence-electron chi connectivity index (χ1n) is 12.5. The van der Waals surface area contributed by atoms with Crippen LogP contribution in [0.3, 0.4) is 0 Å². The highest BCUT2D eigenvalue weighted by molar-refractivity contribution is 5.80. The molecule has 0 aromatic heterocycles. The predicted molar refractivity (Wildman–Crippen MR) is 131 cm³/mol. The fourth-order valence-corrected chi connectivity index (χ4v) is 5.68. The summed E-state index contributed by atoms with van der Waals surface area (Å²) in [6, 6.07) is 16.2. The Morgan fingerprint density at radius 2 is 1.66 bits per heavy atom. The van der Waals surface area contributed by atoms with Gasteiger partial charge in [-0.1, -0.05) is 55.5 Å². The molecule has 3 atom stereocenters. The molecule has 1 aliphatic heterocycles. The zero-order valence-corrected chi connectivity index (χ0v) is 20.0. The number of aliphatic carboxylic acids is 1. The first-order chi connectivity index (χ1) is 16.9. The van der Waals surface area contributed by atoms with Crippen molar-refractivity contribution >= 4 is 18.0 Å². The Labute approximate surface area is 205 Å². The molecule has 5 rings (SSSR count). The smallest absolute Gasteiger partial charge is 0.407 e. The fraction of sp³-hybridized carbons (Fsp3) is 0.464. The van der Waals surface area contributed by atoms with Gasteiger partial charge in [-0.25, -0.2) is 4.79 Å². The van der Waals surface area contributed by atoms with Crippen molar-refractivity contribution in [3.8, 4) is 11.1 Å². The minimum Gasteiger partial charge on any atom is -0.481 e. The van der Waals surface area contributed by atoms with Gasteiger partial charge >= 0.3 is 12.1 Å². The van der Waals surface area contributed by atoms with E-state index >= 15 is 0 Å². The van der Waals surface area contributed by atoms with Crippen molar-refractivity contribution < 1.29 is 24.2 Å². The Morgan fingerprint density at radius 3 is 2.23 bits per heavy atom. The number of fused-ring (bicyclic) bond motifs is 3. The molecule has 0 radical (unpaired) electrons. The number of nitrogens with one attached hydrogen (secondary N) is 1. The summed E-state index contributed by atoms with van der Waals surface area (Å²) in [4.78, 5) is 38.9. The molecular formula is C28H32N2O5. The van der Waals surface area contributed by atoms with Gasteiger partial charge in [-0.2, -0.15) is 0 Å². The Kier molecular flexibility index (Phi) is 6.50. The second kappa shape index (κ2) is 9.72. The lowest BCUT2D eigenvalue weighted by molar-refractivity contribution is -0.148. The molecule has 3 unspecified atom stereocenters. The van der Waals surface area contributed by atoms with E-state index in [1.807, 2.05) is 31.2 Å². The molecule has 2 N–H and O–H groups in total. The normalized spacial score (nSPS) is 22.1. The standard InChI is InChI=1S/C28H32N2O5/c1-17-15-30(13-12-19(17)27(32)33)26(31)14-25(18-10-11-18)29-28(34)35-16-24-22-8-4-2-6-20(22)21-7-3-5-9-23(21)24/h2-9,17-19,24-25H,10-16H2,1H3,(H,29,34)(H,32,33). The van der Waals surface area contributed by atoms with E-state index in [0.29, 0.717) is 19.5 Å². The van der Waals surface area contributed by atoms with Crippen LogP contribution >= 0.6 is 0 Å². The van der Waals surface area contributed by atoms with E-state index in [-0.39, 0.29) is 42.7 Å². The minimum atomic E-state index is -0.794. The van der Waals surface area contributed by atoms with Crippen LogP contribution in [0.15, 0.2) is 48.5 Å². The number of carbonyl (C=O) groups excluding carboxylic acids is 2. The van der Waals surface area contributed by atoms with Crippen LogP contribution in [0.1, 0.15) is 49.7 Å². The highest BCUT2D eigenvalue weighted by Gasteiger charge is 2.38. The quantitative estimate of drug-likeness (QED) is 0.622. The van der Waals surface area contributed by atoms with E-state index in [0.717, 1.165) is 24.0 Å². The monoisotopic (exact) mass is 476 g/mol. The van der Waals surface area contributed by atoms with Crippen LogP contribution < -0.4 is 5.32 Å². The summed E-state index contributed by atoms with van der Waals surface area (Å²) < 4.78 is 5.69. The van der Waals surface area contributed by atoms with E-state index in [1.165, 1.54) is 11.1 Å². The molecule has 1 saturated carbocycles. The second-order valence-electron chi connectivity index (χ2n) is 10.2. The van der Waals surface area contributed by atoms with E-state index in [2.05, 4.69) is 29.6 Å². The minimum absolute atomic E-state index is 0.00817. The number of benzene rings is 2. The molecule has 7 nitrogen and oxygen atoms in total. The molecule has 2 fully saturated rings. The van der Waals surface area contributed by atoms with Crippen LogP contribution in [0.2, 0.25) is 0 Å². The van der Waals surface area contributed by atoms with E-state index in [9.17, 15) is 19.5 Å². The van der Waals surface area contributed by atoms with Gasteiger partial charge in [0.1, 0.15) is 6.61 Å². The van der Waals surface area contributed by atoms with Crippen molar-refractivity contribution in [2.24, 2.45) is 17.8 Å². The maximum Gasteiger partial charge on any atom is 0.407 e. The number of nitrogens with zero attached hydrogens (tertiary/aromatic N) is 1. The molecular weight excluding hydrogens is 444 g/mol. The molecule has 1 heterocycles. The van der Waals surface area contributed by atoms with Crippen molar-refractivity contribution in [1.29, 1.82) is 0 Å². The number of rotatable bonds is 7. The van der Waals surface area contributed by atoms with Crippen LogP contribution in [0, 0.1) is 17.8 Å². The van der Waals surface area contributed by atoms with E-state index < -0.39 is 18.0 Å². The molecule has 2 aromatic rings. The third-order valence-corrected chi connectivity index (χ3v) is 7.81. The number of alkyl carbamates (subject to hydrolysis) is 1. The summed E-state index contributed by atoms with van der Waals surface area (Å²) in [7, 11) is 0. The summed E-state index contributed by atoms with van der Waals surface area (Å²) in [5.74, 6) is -1.04. The SMILES string of the molecule is CC1CN(C(=O)CC(NC(=O)OCC2c3ccccc3-c3ccccc32)C2CC2)CCC1C(=O)O.